The van der Waals surface area contributed by atoms with Crippen LogP contribution in [0.5, 0.6) is 5.75 Å². The molecule has 1 aromatic heterocycles. The first kappa shape index (κ1) is 20.6. The normalized spacial score (nSPS) is 13.5. The quantitative estimate of drug-likeness (QED) is 0.605. The summed E-state index contributed by atoms with van der Waals surface area (Å²) in [6.45, 7) is 1.06. The van der Waals surface area contributed by atoms with Crippen LogP contribution in [0.3, 0.4) is 0 Å². The summed E-state index contributed by atoms with van der Waals surface area (Å²) in [7, 11) is 1.85. The van der Waals surface area contributed by atoms with Crippen molar-refractivity contribution in [2.75, 3.05) is 24.6 Å². The van der Waals surface area contributed by atoms with Gasteiger partial charge < -0.3 is 15.0 Å². The van der Waals surface area contributed by atoms with Crippen LogP contribution < -0.4 is 15.0 Å². The summed E-state index contributed by atoms with van der Waals surface area (Å²) in [5.41, 5.74) is 1.76. The number of rotatable bonds is 8. The Balaban J connectivity index is 1.25. The number of anilines is 1. The number of hydrogen-bond donors (Lipinski definition) is 1. The average molecular weight is 419 g/mol. The van der Waals surface area contributed by atoms with Crippen LogP contribution in [-0.2, 0) is 23.1 Å². The SMILES string of the molecule is Cn1nc(-c2ccccc2)nc1CCNC(=O)COc1cccc(N2CCCC2=O)c1. The first-order valence-corrected chi connectivity index (χ1v) is 10.4. The molecule has 1 saturated heterocycles. The molecule has 0 saturated carbocycles. The topological polar surface area (TPSA) is 89.3 Å². The molecular weight excluding hydrogens is 394 g/mol. The zero-order chi connectivity index (χ0) is 21.6. The third-order valence-corrected chi connectivity index (χ3v) is 5.13. The van der Waals surface area contributed by atoms with Crippen molar-refractivity contribution >= 4 is 17.5 Å². The molecule has 0 unspecified atom stereocenters. The summed E-state index contributed by atoms with van der Waals surface area (Å²) in [6.07, 6.45) is 2.01. The fourth-order valence-electron chi connectivity index (χ4n) is 3.52. The minimum atomic E-state index is -0.215. The minimum Gasteiger partial charge on any atom is -0.484 e. The summed E-state index contributed by atoms with van der Waals surface area (Å²) in [4.78, 5) is 30.4. The van der Waals surface area contributed by atoms with Crippen molar-refractivity contribution in [2.24, 2.45) is 7.05 Å². The van der Waals surface area contributed by atoms with E-state index in [1.807, 2.05) is 49.5 Å². The molecule has 1 N–H and O–H groups in total. The summed E-state index contributed by atoms with van der Waals surface area (Å²) in [6, 6.07) is 17.1. The zero-order valence-corrected chi connectivity index (χ0v) is 17.5. The lowest BCUT2D eigenvalue weighted by atomic mass is 10.2. The van der Waals surface area contributed by atoms with E-state index in [1.165, 1.54) is 0 Å². The van der Waals surface area contributed by atoms with Gasteiger partial charge in [-0.05, 0) is 18.6 Å². The molecule has 0 bridgehead atoms. The van der Waals surface area contributed by atoms with Crippen molar-refractivity contribution in [1.29, 1.82) is 0 Å². The van der Waals surface area contributed by atoms with E-state index in [9.17, 15) is 9.59 Å². The van der Waals surface area contributed by atoms with Crippen molar-refractivity contribution in [2.45, 2.75) is 19.3 Å². The second-order valence-corrected chi connectivity index (χ2v) is 7.38. The van der Waals surface area contributed by atoms with E-state index in [4.69, 9.17) is 4.74 Å². The van der Waals surface area contributed by atoms with Gasteiger partial charge in [-0.15, -0.1) is 0 Å². The molecule has 4 rings (SSSR count). The van der Waals surface area contributed by atoms with Crippen LogP contribution in [0.25, 0.3) is 11.4 Å². The molecule has 0 radical (unpaired) electrons. The van der Waals surface area contributed by atoms with Crippen molar-refractivity contribution in [3.05, 3.63) is 60.4 Å². The number of hydrogen-bond acceptors (Lipinski definition) is 5. The molecule has 3 aromatic rings. The molecule has 2 amide bonds. The average Bonchev–Trinajstić information content (AvgIpc) is 3.38. The van der Waals surface area contributed by atoms with Gasteiger partial charge in [-0.1, -0.05) is 36.4 Å². The first-order chi connectivity index (χ1) is 15.1. The lowest BCUT2D eigenvalue weighted by Crippen LogP contribution is -2.31. The number of ether oxygens (including phenoxy) is 1. The van der Waals surface area contributed by atoms with Crippen molar-refractivity contribution in [1.82, 2.24) is 20.1 Å². The first-order valence-electron chi connectivity index (χ1n) is 10.4. The maximum absolute atomic E-state index is 12.2. The van der Waals surface area contributed by atoms with Gasteiger partial charge in [0.2, 0.25) is 5.91 Å². The Labute approximate surface area is 180 Å². The number of aryl methyl sites for hydroxylation is 1. The number of nitrogens with one attached hydrogen (secondary N) is 1. The third kappa shape index (κ3) is 5.09. The number of nitrogens with zero attached hydrogens (tertiary/aromatic N) is 4. The van der Waals surface area contributed by atoms with E-state index in [0.717, 1.165) is 30.0 Å². The van der Waals surface area contributed by atoms with Gasteiger partial charge in [0.1, 0.15) is 11.6 Å². The molecule has 2 heterocycles. The number of amides is 2. The summed E-state index contributed by atoms with van der Waals surface area (Å²) >= 11 is 0. The van der Waals surface area contributed by atoms with Crippen LogP contribution in [0.2, 0.25) is 0 Å². The predicted octanol–water partition coefficient (Wildman–Crippen LogP) is 2.35. The smallest absolute Gasteiger partial charge is 0.257 e. The highest BCUT2D eigenvalue weighted by Gasteiger charge is 2.21. The molecule has 160 valence electrons. The number of aromatic nitrogens is 3. The van der Waals surface area contributed by atoms with E-state index in [1.54, 1.807) is 21.7 Å². The summed E-state index contributed by atoms with van der Waals surface area (Å²) < 4.78 is 7.34. The van der Waals surface area contributed by atoms with Crippen LogP contribution in [0, 0.1) is 0 Å². The van der Waals surface area contributed by atoms with Crippen molar-refractivity contribution < 1.29 is 14.3 Å². The summed E-state index contributed by atoms with van der Waals surface area (Å²) in [5.74, 6) is 1.93. The number of carbonyl (C=O) groups is 2. The molecule has 1 fully saturated rings. The van der Waals surface area contributed by atoms with E-state index in [0.29, 0.717) is 31.0 Å². The van der Waals surface area contributed by atoms with Crippen molar-refractivity contribution in [3.8, 4) is 17.1 Å². The van der Waals surface area contributed by atoms with E-state index in [-0.39, 0.29) is 18.4 Å². The standard InChI is InChI=1S/C23H25N5O3/c1-27-20(25-23(26-27)17-7-3-2-4-8-17)12-13-24-21(29)16-31-19-10-5-9-18(15-19)28-14-6-11-22(28)30/h2-5,7-10,15H,6,11-14,16H2,1H3,(H,24,29). The molecule has 0 aliphatic carbocycles. The van der Waals surface area contributed by atoms with Crippen LogP contribution in [0.15, 0.2) is 54.6 Å². The molecule has 31 heavy (non-hydrogen) atoms. The molecule has 0 atom stereocenters. The maximum Gasteiger partial charge on any atom is 0.257 e. The van der Waals surface area contributed by atoms with Gasteiger partial charge in [0, 0.05) is 50.3 Å². The fourth-order valence-corrected chi connectivity index (χ4v) is 3.52. The predicted molar refractivity (Wildman–Crippen MR) is 117 cm³/mol. The van der Waals surface area contributed by atoms with Gasteiger partial charge in [-0.2, -0.15) is 5.10 Å². The zero-order valence-electron chi connectivity index (χ0n) is 17.5. The molecule has 2 aromatic carbocycles. The molecule has 1 aliphatic heterocycles. The van der Waals surface area contributed by atoms with Gasteiger partial charge in [0.15, 0.2) is 12.4 Å². The Kier molecular flexibility index (Phi) is 6.26. The third-order valence-electron chi connectivity index (χ3n) is 5.13. The highest BCUT2D eigenvalue weighted by atomic mass is 16.5. The molecule has 8 heteroatoms. The Hall–Kier alpha value is -3.68. The molecule has 1 aliphatic rings. The summed E-state index contributed by atoms with van der Waals surface area (Å²) in [5, 5.41) is 7.29. The monoisotopic (exact) mass is 419 g/mol. The number of benzene rings is 2. The van der Waals surface area contributed by atoms with E-state index >= 15 is 0 Å². The van der Waals surface area contributed by atoms with Gasteiger partial charge in [0.05, 0.1) is 0 Å². The molecule has 0 spiro atoms. The van der Waals surface area contributed by atoms with Crippen LogP contribution >= 0.6 is 0 Å². The Morgan fingerprint density at radius 3 is 2.77 bits per heavy atom. The van der Waals surface area contributed by atoms with Gasteiger partial charge in [-0.3, -0.25) is 14.3 Å². The Bertz CT molecular complexity index is 1060. The van der Waals surface area contributed by atoms with Crippen LogP contribution in [0.1, 0.15) is 18.7 Å². The lowest BCUT2D eigenvalue weighted by molar-refractivity contribution is -0.123. The fraction of sp³-hybridized carbons (Fsp3) is 0.304. The van der Waals surface area contributed by atoms with Crippen LogP contribution in [-0.4, -0.2) is 46.3 Å². The maximum atomic E-state index is 12.2. The van der Waals surface area contributed by atoms with E-state index in [2.05, 4.69) is 15.4 Å². The Morgan fingerprint density at radius 2 is 2.00 bits per heavy atom. The number of carbonyl (C=O) groups excluding carboxylic acids is 2. The highest BCUT2D eigenvalue weighted by molar-refractivity contribution is 5.95. The van der Waals surface area contributed by atoms with Crippen molar-refractivity contribution in [3.63, 3.8) is 0 Å². The van der Waals surface area contributed by atoms with Gasteiger partial charge in [-0.25, -0.2) is 4.98 Å². The molecular formula is C23H25N5O3. The Morgan fingerprint density at radius 1 is 1.16 bits per heavy atom. The second kappa shape index (κ2) is 9.42. The molecule has 8 nitrogen and oxygen atoms in total. The largest absolute Gasteiger partial charge is 0.484 e. The van der Waals surface area contributed by atoms with E-state index < -0.39 is 0 Å². The highest BCUT2D eigenvalue weighted by Crippen LogP contribution is 2.25. The van der Waals surface area contributed by atoms with Gasteiger partial charge in [0.25, 0.3) is 5.91 Å². The minimum absolute atomic E-state index is 0.0918. The lowest BCUT2D eigenvalue weighted by Gasteiger charge is -2.16. The van der Waals surface area contributed by atoms with Gasteiger partial charge >= 0.3 is 0 Å². The van der Waals surface area contributed by atoms with Crippen LogP contribution in [0.4, 0.5) is 5.69 Å². The second-order valence-electron chi connectivity index (χ2n) is 7.38.